The summed E-state index contributed by atoms with van der Waals surface area (Å²) >= 11 is 0. The van der Waals surface area contributed by atoms with Crippen molar-refractivity contribution >= 4 is 5.82 Å². The van der Waals surface area contributed by atoms with Crippen molar-refractivity contribution in [2.24, 2.45) is 0 Å². The molecule has 2 aromatic rings. The predicted molar refractivity (Wildman–Crippen MR) is 62.1 cm³/mol. The molecule has 0 aliphatic heterocycles. The van der Waals surface area contributed by atoms with Gasteiger partial charge in [0.05, 0.1) is 0 Å². The first kappa shape index (κ1) is 11.1. The molecule has 0 atom stereocenters. The fourth-order valence-electron chi connectivity index (χ4n) is 1.46. The van der Waals surface area contributed by atoms with E-state index in [1.165, 1.54) is 6.20 Å². The number of hydrogen-bond acceptors (Lipinski definition) is 5. The number of H-pyrrole nitrogens is 1. The lowest BCUT2D eigenvalue weighted by molar-refractivity contribution is 0.823. The van der Waals surface area contributed by atoms with Crippen LogP contribution in [-0.4, -0.2) is 26.7 Å². The van der Waals surface area contributed by atoms with Crippen LogP contribution in [-0.2, 0) is 6.42 Å². The van der Waals surface area contributed by atoms with E-state index in [1.54, 1.807) is 12.4 Å². The minimum absolute atomic E-state index is 0.328. The van der Waals surface area contributed by atoms with Crippen molar-refractivity contribution in [1.29, 1.82) is 5.26 Å². The number of aromatic amines is 1. The molecule has 0 aliphatic carbocycles. The third-order valence-electron chi connectivity index (χ3n) is 2.28. The second kappa shape index (κ2) is 5.61. The van der Waals surface area contributed by atoms with Gasteiger partial charge in [-0.25, -0.2) is 9.97 Å². The summed E-state index contributed by atoms with van der Waals surface area (Å²) in [5, 5.41) is 18.7. The van der Waals surface area contributed by atoms with Crippen LogP contribution in [0.5, 0.6) is 0 Å². The van der Waals surface area contributed by atoms with Crippen molar-refractivity contribution in [2.75, 3.05) is 11.9 Å². The van der Waals surface area contributed by atoms with Crippen molar-refractivity contribution in [3.05, 3.63) is 36.0 Å². The van der Waals surface area contributed by atoms with Crippen LogP contribution in [0.1, 0.15) is 17.8 Å². The molecule has 0 radical (unpaired) electrons. The minimum Gasteiger partial charge on any atom is -0.368 e. The van der Waals surface area contributed by atoms with E-state index < -0.39 is 0 Å². The van der Waals surface area contributed by atoms with E-state index in [9.17, 15) is 0 Å². The van der Waals surface area contributed by atoms with Gasteiger partial charge < -0.3 is 5.32 Å². The quantitative estimate of drug-likeness (QED) is 0.748. The summed E-state index contributed by atoms with van der Waals surface area (Å²) in [4.78, 5) is 7.99. The first-order valence-electron chi connectivity index (χ1n) is 5.33. The van der Waals surface area contributed by atoms with Crippen LogP contribution in [0, 0.1) is 11.3 Å². The summed E-state index contributed by atoms with van der Waals surface area (Å²) < 4.78 is 0. The molecule has 17 heavy (non-hydrogen) atoms. The van der Waals surface area contributed by atoms with E-state index in [-0.39, 0.29) is 0 Å². The highest BCUT2D eigenvalue weighted by molar-refractivity contribution is 5.46. The largest absolute Gasteiger partial charge is 0.368 e. The Morgan fingerprint density at radius 3 is 2.94 bits per heavy atom. The molecule has 2 rings (SSSR count). The lowest BCUT2D eigenvalue weighted by Crippen LogP contribution is -2.07. The van der Waals surface area contributed by atoms with Crippen LogP contribution in [0.3, 0.4) is 0 Å². The zero-order chi connectivity index (χ0) is 11.9. The normalized spacial score (nSPS) is 9.82. The van der Waals surface area contributed by atoms with Gasteiger partial charge in [-0.1, -0.05) is 0 Å². The second-order valence-corrected chi connectivity index (χ2v) is 3.48. The van der Waals surface area contributed by atoms with E-state index >= 15 is 0 Å². The molecule has 0 saturated carbocycles. The Bertz CT molecular complexity index is 499. The average Bonchev–Trinajstić information content (AvgIpc) is 2.88. The number of hydrogen-bond donors (Lipinski definition) is 2. The first-order chi connectivity index (χ1) is 8.40. The number of nitrogens with zero attached hydrogens (tertiary/aromatic N) is 4. The third kappa shape index (κ3) is 3.01. The van der Waals surface area contributed by atoms with Crippen LogP contribution in [0.4, 0.5) is 5.82 Å². The number of aryl methyl sites for hydroxylation is 1. The van der Waals surface area contributed by atoms with Crippen LogP contribution in [0.25, 0.3) is 0 Å². The third-order valence-corrected chi connectivity index (χ3v) is 2.28. The number of aromatic nitrogens is 4. The molecule has 2 aromatic heterocycles. The fourth-order valence-corrected chi connectivity index (χ4v) is 1.46. The summed E-state index contributed by atoms with van der Waals surface area (Å²) in [6.07, 6.45) is 6.66. The molecule has 2 heterocycles. The summed E-state index contributed by atoms with van der Waals surface area (Å²) in [6.45, 7) is 0.742. The Kier molecular flexibility index (Phi) is 3.65. The minimum atomic E-state index is 0.328. The molecule has 0 amide bonds. The average molecular weight is 228 g/mol. The summed E-state index contributed by atoms with van der Waals surface area (Å²) in [5.74, 6) is 0.541. The SMILES string of the molecule is N#Cc1nccnc1NCCCc1ccn[nH]1. The summed E-state index contributed by atoms with van der Waals surface area (Å²) in [7, 11) is 0. The van der Waals surface area contributed by atoms with Gasteiger partial charge in [0.15, 0.2) is 11.5 Å². The Morgan fingerprint density at radius 2 is 2.18 bits per heavy atom. The van der Waals surface area contributed by atoms with Gasteiger partial charge in [-0.15, -0.1) is 0 Å². The monoisotopic (exact) mass is 228 g/mol. The van der Waals surface area contributed by atoms with Gasteiger partial charge in [0.2, 0.25) is 0 Å². The number of rotatable bonds is 5. The van der Waals surface area contributed by atoms with E-state index in [4.69, 9.17) is 5.26 Å². The molecule has 0 saturated heterocycles. The van der Waals surface area contributed by atoms with Crippen LogP contribution in [0.15, 0.2) is 24.7 Å². The Balaban J connectivity index is 1.80. The van der Waals surface area contributed by atoms with Gasteiger partial charge in [0.25, 0.3) is 0 Å². The van der Waals surface area contributed by atoms with Crippen molar-refractivity contribution in [2.45, 2.75) is 12.8 Å². The first-order valence-corrected chi connectivity index (χ1v) is 5.33. The van der Waals surface area contributed by atoms with E-state index in [0.29, 0.717) is 11.5 Å². The molecule has 2 N–H and O–H groups in total. The van der Waals surface area contributed by atoms with Crippen molar-refractivity contribution in [1.82, 2.24) is 20.2 Å². The second-order valence-electron chi connectivity index (χ2n) is 3.48. The number of anilines is 1. The Morgan fingerprint density at radius 1 is 1.29 bits per heavy atom. The van der Waals surface area contributed by atoms with E-state index in [0.717, 1.165) is 25.1 Å². The lowest BCUT2D eigenvalue weighted by atomic mass is 10.2. The van der Waals surface area contributed by atoms with Crippen molar-refractivity contribution in [3.8, 4) is 6.07 Å². The smallest absolute Gasteiger partial charge is 0.182 e. The molecule has 0 unspecified atom stereocenters. The van der Waals surface area contributed by atoms with Gasteiger partial charge in [-0.05, 0) is 18.9 Å². The van der Waals surface area contributed by atoms with Crippen LogP contribution >= 0.6 is 0 Å². The molecule has 6 nitrogen and oxygen atoms in total. The summed E-state index contributed by atoms with van der Waals surface area (Å²) in [6, 6.07) is 3.95. The molecule has 0 fully saturated rings. The zero-order valence-corrected chi connectivity index (χ0v) is 9.22. The molecule has 0 spiro atoms. The predicted octanol–water partition coefficient (Wildman–Crippen LogP) is 1.12. The van der Waals surface area contributed by atoms with Gasteiger partial charge >= 0.3 is 0 Å². The standard InChI is InChI=1S/C11H12N6/c12-8-10-11(15-7-6-13-10)14-4-1-2-9-3-5-16-17-9/h3,5-7H,1-2,4H2,(H,14,15)(H,16,17). The molecule has 0 bridgehead atoms. The molecule has 0 aliphatic rings. The van der Waals surface area contributed by atoms with Gasteiger partial charge in [-0.3, -0.25) is 5.10 Å². The molecular formula is C11H12N6. The zero-order valence-electron chi connectivity index (χ0n) is 9.22. The molecular weight excluding hydrogens is 216 g/mol. The van der Waals surface area contributed by atoms with Gasteiger partial charge in [0.1, 0.15) is 6.07 Å². The van der Waals surface area contributed by atoms with E-state index in [2.05, 4.69) is 25.5 Å². The molecule has 6 heteroatoms. The molecule has 86 valence electrons. The maximum atomic E-state index is 8.82. The van der Waals surface area contributed by atoms with Crippen LogP contribution < -0.4 is 5.32 Å². The van der Waals surface area contributed by atoms with Gasteiger partial charge in [-0.2, -0.15) is 10.4 Å². The highest BCUT2D eigenvalue weighted by Crippen LogP contribution is 2.06. The topological polar surface area (TPSA) is 90.3 Å². The maximum absolute atomic E-state index is 8.82. The van der Waals surface area contributed by atoms with Crippen LogP contribution in [0.2, 0.25) is 0 Å². The lowest BCUT2D eigenvalue weighted by Gasteiger charge is -2.05. The number of nitrogens with one attached hydrogen (secondary N) is 2. The van der Waals surface area contributed by atoms with Crippen molar-refractivity contribution < 1.29 is 0 Å². The highest BCUT2D eigenvalue weighted by Gasteiger charge is 2.02. The number of nitriles is 1. The Labute approximate surface area is 98.7 Å². The van der Waals surface area contributed by atoms with Crippen molar-refractivity contribution in [3.63, 3.8) is 0 Å². The van der Waals surface area contributed by atoms with Gasteiger partial charge in [0, 0.05) is 30.8 Å². The molecule has 0 aromatic carbocycles. The summed E-state index contributed by atoms with van der Waals surface area (Å²) in [5.41, 5.74) is 1.43. The fraction of sp³-hybridized carbons (Fsp3) is 0.273. The van der Waals surface area contributed by atoms with E-state index in [1.807, 2.05) is 12.1 Å². The highest BCUT2D eigenvalue weighted by atomic mass is 15.1. The maximum Gasteiger partial charge on any atom is 0.182 e. The Hall–Kier alpha value is -2.42.